The summed E-state index contributed by atoms with van der Waals surface area (Å²) >= 11 is 0. The van der Waals surface area contributed by atoms with Crippen LogP contribution in [0, 0.1) is 0 Å². The van der Waals surface area contributed by atoms with Crippen LogP contribution in [0.15, 0.2) is 22.5 Å². The lowest BCUT2D eigenvalue weighted by molar-refractivity contribution is -0.141. The summed E-state index contributed by atoms with van der Waals surface area (Å²) in [5, 5.41) is 0. The van der Waals surface area contributed by atoms with Gasteiger partial charge in [-0.15, -0.1) is 0 Å². The van der Waals surface area contributed by atoms with Crippen LogP contribution in [-0.4, -0.2) is 5.97 Å². The monoisotopic (exact) mass is 152 g/mol. The fourth-order valence-electron chi connectivity index (χ4n) is 1.02. The first-order chi connectivity index (χ1) is 5.04. The Morgan fingerprint density at radius 3 is 1.82 bits per heavy atom. The molecule has 1 saturated heterocycles. The minimum Gasteiger partial charge on any atom is -0.422 e. The maximum Gasteiger partial charge on any atom is 0.347 e. The molecule has 1 rings (SSSR count). The van der Waals surface area contributed by atoms with Crippen LogP contribution in [0.5, 0.6) is 0 Å². The predicted octanol–water partition coefficient (Wildman–Crippen LogP) is 2.17. The Morgan fingerprint density at radius 2 is 1.64 bits per heavy atom. The summed E-state index contributed by atoms with van der Waals surface area (Å²) in [6.45, 7) is 7.70. The number of carbonyl (C=O) groups excluding carboxylic acids is 1. The highest BCUT2D eigenvalue weighted by molar-refractivity contribution is 6.01. The molecule has 0 saturated carbocycles. The first kappa shape index (κ1) is 8.05. The minimum absolute atomic E-state index is 0.193. The molecule has 0 N–H and O–H groups in total. The van der Waals surface area contributed by atoms with E-state index in [2.05, 4.69) is 0 Å². The predicted molar refractivity (Wildman–Crippen MR) is 42.8 cm³/mol. The summed E-state index contributed by atoms with van der Waals surface area (Å²) in [7, 11) is 0. The fourth-order valence-corrected chi connectivity index (χ4v) is 1.02. The van der Waals surface area contributed by atoms with Crippen molar-refractivity contribution < 1.29 is 9.53 Å². The zero-order valence-electron chi connectivity index (χ0n) is 7.32. The van der Waals surface area contributed by atoms with Gasteiger partial charge in [-0.3, -0.25) is 0 Å². The van der Waals surface area contributed by atoms with Crippen LogP contribution in [0.25, 0.3) is 0 Å². The van der Waals surface area contributed by atoms with Gasteiger partial charge in [-0.05, 0) is 33.3 Å². The summed E-state index contributed by atoms with van der Waals surface area (Å²) in [6, 6.07) is 0. The second kappa shape index (κ2) is 2.53. The minimum atomic E-state index is -0.193. The highest BCUT2D eigenvalue weighted by atomic mass is 16.6. The number of ether oxygens (including phenoxy) is 1. The van der Waals surface area contributed by atoms with E-state index in [1.807, 2.05) is 27.7 Å². The summed E-state index contributed by atoms with van der Waals surface area (Å²) in [4.78, 5) is 10.9. The molecular formula is C9H12O2. The highest BCUT2D eigenvalue weighted by Crippen LogP contribution is 2.30. The number of hydrogen-bond donors (Lipinski definition) is 0. The largest absolute Gasteiger partial charge is 0.422 e. The summed E-state index contributed by atoms with van der Waals surface area (Å²) in [5.74, 6) is 0.566. The Bertz CT molecular complexity index is 261. The lowest BCUT2D eigenvalue weighted by Crippen LogP contribution is -2.24. The number of carbonyl (C=O) groups is 1. The molecule has 0 radical (unpaired) electrons. The number of esters is 1. The van der Waals surface area contributed by atoms with Crippen LogP contribution in [0.4, 0.5) is 0 Å². The van der Waals surface area contributed by atoms with E-state index in [9.17, 15) is 4.79 Å². The molecule has 0 aromatic carbocycles. The van der Waals surface area contributed by atoms with Gasteiger partial charge >= 0.3 is 5.97 Å². The van der Waals surface area contributed by atoms with Crippen molar-refractivity contribution in [3.8, 4) is 0 Å². The third-order valence-electron chi connectivity index (χ3n) is 1.58. The zero-order chi connectivity index (χ0) is 8.59. The topological polar surface area (TPSA) is 26.3 Å². The van der Waals surface area contributed by atoms with Crippen LogP contribution in [-0.2, 0) is 9.53 Å². The Hall–Kier alpha value is -1.05. The van der Waals surface area contributed by atoms with Gasteiger partial charge in [-0.25, -0.2) is 4.79 Å². The Balaban J connectivity index is 3.07. The van der Waals surface area contributed by atoms with Crippen LogP contribution >= 0.6 is 0 Å². The molecule has 0 bridgehead atoms. The molecule has 1 heterocycles. The molecule has 0 aliphatic carbocycles. The lowest BCUT2D eigenvalue weighted by atomic mass is 10.0. The van der Waals surface area contributed by atoms with Crippen molar-refractivity contribution in [3.05, 3.63) is 22.5 Å². The average molecular weight is 152 g/mol. The maximum atomic E-state index is 10.9. The lowest BCUT2D eigenvalue weighted by Gasteiger charge is -2.23. The van der Waals surface area contributed by atoms with E-state index in [1.165, 1.54) is 0 Å². The van der Waals surface area contributed by atoms with Gasteiger partial charge in [0.15, 0.2) is 0 Å². The molecule has 1 aliphatic heterocycles. The second-order valence-electron chi connectivity index (χ2n) is 3.09. The first-order valence-electron chi connectivity index (χ1n) is 3.61. The van der Waals surface area contributed by atoms with Crippen molar-refractivity contribution in [2.24, 2.45) is 0 Å². The van der Waals surface area contributed by atoms with Crippen LogP contribution in [0.3, 0.4) is 0 Å². The van der Waals surface area contributed by atoms with E-state index in [0.717, 1.165) is 22.5 Å². The highest BCUT2D eigenvalue weighted by Gasteiger charge is 2.31. The normalized spacial score (nSPS) is 15.8. The summed E-state index contributed by atoms with van der Waals surface area (Å²) in [6.07, 6.45) is 0. The average Bonchev–Trinajstić information content (AvgIpc) is 1.80. The van der Waals surface area contributed by atoms with Crippen LogP contribution in [0.1, 0.15) is 27.7 Å². The van der Waals surface area contributed by atoms with Gasteiger partial charge in [-0.1, -0.05) is 5.57 Å². The Labute approximate surface area is 66.5 Å². The van der Waals surface area contributed by atoms with E-state index in [4.69, 9.17) is 4.74 Å². The number of rotatable bonds is 0. The van der Waals surface area contributed by atoms with Crippen LogP contribution < -0.4 is 0 Å². The molecule has 11 heavy (non-hydrogen) atoms. The SMILES string of the molecule is CC(C)=C1OC(=O)C1=C(C)C. The third-order valence-corrected chi connectivity index (χ3v) is 1.58. The van der Waals surface area contributed by atoms with Gasteiger partial charge in [0.1, 0.15) is 11.3 Å². The van der Waals surface area contributed by atoms with Crippen LogP contribution in [0.2, 0.25) is 0 Å². The smallest absolute Gasteiger partial charge is 0.347 e. The van der Waals surface area contributed by atoms with Gasteiger partial charge < -0.3 is 4.74 Å². The van der Waals surface area contributed by atoms with Gasteiger partial charge in [0.05, 0.1) is 0 Å². The molecule has 0 atom stereocenters. The number of hydrogen-bond acceptors (Lipinski definition) is 2. The Morgan fingerprint density at radius 1 is 1.09 bits per heavy atom. The van der Waals surface area contributed by atoms with Crippen molar-refractivity contribution in [1.82, 2.24) is 0 Å². The molecule has 2 nitrogen and oxygen atoms in total. The molecule has 0 aromatic rings. The molecule has 0 amide bonds. The number of cyclic esters (lactones) is 1. The van der Waals surface area contributed by atoms with E-state index >= 15 is 0 Å². The standard InChI is InChI=1S/C9H12O2/c1-5(2)7-8(6(3)4)11-9(7)10/h1-4H3. The van der Waals surface area contributed by atoms with Crippen molar-refractivity contribution in [3.63, 3.8) is 0 Å². The second-order valence-corrected chi connectivity index (χ2v) is 3.09. The molecular weight excluding hydrogens is 140 g/mol. The first-order valence-corrected chi connectivity index (χ1v) is 3.61. The molecule has 0 aromatic heterocycles. The van der Waals surface area contributed by atoms with Crippen molar-refractivity contribution in [2.45, 2.75) is 27.7 Å². The molecule has 0 spiro atoms. The van der Waals surface area contributed by atoms with E-state index in [-0.39, 0.29) is 5.97 Å². The molecule has 1 fully saturated rings. The maximum absolute atomic E-state index is 10.9. The molecule has 2 heteroatoms. The fraction of sp³-hybridized carbons (Fsp3) is 0.444. The van der Waals surface area contributed by atoms with Gasteiger partial charge in [0.25, 0.3) is 0 Å². The van der Waals surface area contributed by atoms with E-state index < -0.39 is 0 Å². The van der Waals surface area contributed by atoms with Crippen molar-refractivity contribution in [1.29, 1.82) is 0 Å². The van der Waals surface area contributed by atoms with Gasteiger partial charge in [0.2, 0.25) is 0 Å². The van der Waals surface area contributed by atoms with Gasteiger partial charge in [-0.2, -0.15) is 0 Å². The van der Waals surface area contributed by atoms with E-state index in [0.29, 0.717) is 0 Å². The van der Waals surface area contributed by atoms with Gasteiger partial charge in [0, 0.05) is 0 Å². The zero-order valence-corrected chi connectivity index (χ0v) is 7.32. The summed E-state index contributed by atoms with van der Waals surface area (Å²) < 4.78 is 4.86. The molecule has 60 valence electrons. The Kier molecular flexibility index (Phi) is 1.85. The summed E-state index contributed by atoms with van der Waals surface area (Å²) in [5.41, 5.74) is 2.84. The number of allylic oxidation sites excluding steroid dienone is 2. The molecule has 1 aliphatic rings. The third kappa shape index (κ3) is 1.20. The van der Waals surface area contributed by atoms with E-state index in [1.54, 1.807) is 0 Å². The van der Waals surface area contributed by atoms with Crippen molar-refractivity contribution >= 4 is 5.97 Å². The quantitative estimate of drug-likeness (QED) is 0.393. The van der Waals surface area contributed by atoms with Crippen molar-refractivity contribution in [2.75, 3.05) is 0 Å². The molecule has 0 unspecified atom stereocenters.